The summed E-state index contributed by atoms with van der Waals surface area (Å²) in [5.41, 5.74) is -0.988. The molecule has 1 amide bonds. The Kier molecular flexibility index (Phi) is 5.30. The summed E-state index contributed by atoms with van der Waals surface area (Å²) in [5.74, 6) is -0.575. The minimum absolute atomic E-state index is 0.404. The van der Waals surface area contributed by atoms with Crippen molar-refractivity contribution in [3.05, 3.63) is 76.7 Å². The van der Waals surface area contributed by atoms with E-state index in [1.165, 1.54) is 6.33 Å². The number of carbonyl (C=O) groups is 1. The molecule has 0 spiro atoms. The highest BCUT2D eigenvalue weighted by atomic mass is 19.4. The minimum Gasteiger partial charge on any atom is -0.348 e. The van der Waals surface area contributed by atoms with Crippen molar-refractivity contribution in [1.82, 2.24) is 24.6 Å². The van der Waals surface area contributed by atoms with Crippen LogP contribution in [0.4, 0.5) is 13.2 Å². The number of nitrogens with zero attached hydrogens (tertiary/aromatic N) is 4. The maximum atomic E-state index is 12.8. The number of pyridine rings is 1. The van der Waals surface area contributed by atoms with Gasteiger partial charge in [-0.05, 0) is 36.8 Å². The van der Waals surface area contributed by atoms with Gasteiger partial charge in [0, 0.05) is 6.20 Å². The number of amides is 1. The van der Waals surface area contributed by atoms with Gasteiger partial charge in [0.15, 0.2) is 0 Å². The minimum atomic E-state index is -4.77. The first-order valence-electron chi connectivity index (χ1n) is 8.26. The summed E-state index contributed by atoms with van der Waals surface area (Å²) in [6, 6.07) is 8.55. The lowest BCUT2D eigenvalue weighted by Crippen LogP contribution is -2.35. The summed E-state index contributed by atoms with van der Waals surface area (Å²) in [7, 11) is 0. The molecule has 2 aromatic heterocycles. The molecular weight excluding hydrogens is 375 g/mol. The molecule has 0 saturated carbocycles. The van der Waals surface area contributed by atoms with Crippen molar-refractivity contribution >= 4 is 5.91 Å². The molecule has 1 aromatic carbocycles. The first-order valence-corrected chi connectivity index (χ1v) is 8.26. The number of rotatable bonds is 5. The molecule has 3 aromatic rings. The highest BCUT2D eigenvalue weighted by Crippen LogP contribution is 2.26. The van der Waals surface area contributed by atoms with Crippen molar-refractivity contribution in [2.24, 2.45) is 0 Å². The largest absolute Gasteiger partial charge is 0.421 e. The summed E-state index contributed by atoms with van der Waals surface area (Å²) < 4.78 is 40.7. The topological polar surface area (TPSA) is 81.8 Å². The Hall–Kier alpha value is -3.43. The fourth-order valence-corrected chi connectivity index (χ4v) is 2.66. The normalized spacial score (nSPS) is 12.6. The van der Waals surface area contributed by atoms with Crippen LogP contribution in [0.3, 0.4) is 0 Å². The number of nitrogens with one attached hydrogen (secondary N) is 1. The van der Waals surface area contributed by atoms with Crippen LogP contribution >= 0.6 is 0 Å². The van der Waals surface area contributed by atoms with Gasteiger partial charge in [0.2, 0.25) is 5.91 Å². The average molecular weight is 391 g/mol. The molecule has 1 unspecified atom stereocenters. The van der Waals surface area contributed by atoms with Gasteiger partial charge in [-0.25, -0.2) is 9.67 Å². The molecule has 0 aliphatic rings. The Morgan fingerprint density at radius 2 is 1.93 bits per heavy atom. The molecule has 0 aliphatic heterocycles. The quantitative estimate of drug-likeness (QED) is 0.724. The molecule has 0 fully saturated rings. The van der Waals surface area contributed by atoms with Crippen LogP contribution in [0.25, 0.3) is 5.69 Å². The predicted molar refractivity (Wildman–Crippen MR) is 93.6 cm³/mol. The fraction of sp³-hybridized carbons (Fsp3) is 0.222. The second-order valence-electron chi connectivity index (χ2n) is 6.07. The van der Waals surface area contributed by atoms with Gasteiger partial charge < -0.3 is 9.88 Å². The van der Waals surface area contributed by atoms with Crippen LogP contribution in [0, 0.1) is 0 Å². The first kappa shape index (κ1) is 19.3. The smallest absolute Gasteiger partial charge is 0.348 e. The van der Waals surface area contributed by atoms with E-state index in [0.29, 0.717) is 6.07 Å². The fourth-order valence-electron chi connectivity index (χ4n) is 2.66. The number of hydrogen-bond donors (Lipinski definition) is 1. The van der Waals surface area contributed by atoms with Crippen LogP contribution in [-0.4, -0.2) is 25.2 Å². The van der Waals surface area contributed by atoms with E-state index in [9.17, 15) is 22.8 Å². The second kappa shape index (κ2) is 7.67. The third-order valence-corrected chi connectivity index (χ3v) is 4.09. The number of aromatic nitrogens is 4. The van der Waals surface area contributed by atoms with Crippen molar-refractivity contribution in [2.75, 3.05) is 0 Å². The van der Waals surface area contributed by atoms with Gasteiger partial charge in [0.05, 0.1) is 11.7 Å². The summed E-state index contributed by atoms with van der Waals surface area (Å²) in [6.07, 6.45) is -0.663. The first-order chi connectivity index (χ1) is 13.3. The van der Waals surface area contributed by atoms with E-state index in [2.05, 4.69) is 15.4 Å². The summed E-state index contributed by atoms with van der Waals surface area (Å²) in [6.45, 7) is 1.22. The van der Waals surface area contributed by atoms with Crippen LogP contribution < -0.4 is 10.9 Å². The summed E-state index contributed by atoms with van der Waals surface area (Å²) >= 11 is 0. The standard InChI is InChI=1S/C18H16F3N5O2/c1-12(13-4-6-14(7-5-13)26-11-22-10-23-26)24-16(27)9-25-8-2-3-15(17(25)28)18(19,20)21/h2-8,10-12H,9H2,1H3,(H,24,27). The number of hydrogen-bond acceptors (Lipinski definition) is 4. The van der Waals surface area contributed by atoms with E-state index >= 15 is 0 Å². The summed E-state index contributed by atoms with van der Waals surface area (Å²) in [5, 5.41) is 6.68. The Labute approximate surface area is 157 Å². The zero-order valence-electron chi connectivity index (χ0n) is 14.7. The van der Waals surface area contributed by atoms with Crippen molar-refractivity contribution in [1.29, 1.82) is 0 Å². The zero-order chi connectivity index (χ0) is 20.3. The molecule has 1 N–H and O–H groups in total. The Morgan fingerprint density at radius 3 is 2.54 bits per heavy atom. The number of benzene rings is 1. The lowest BCUT2D eigenvalue weighted by Gasteiger charge is -2.16. The number of alkyl halides is 3. The molecule has 0 radical (unpaired) electrons. The Bertz CT molecular complexity index is 1010. The third kappa shape index (κ3) is 4.27. The maximum Gasteiger partial charge on any atom is 0.421 e. The van der Waals surface area contributed by atoms with E-state index < -0.39 is 35.8 Å². The van der Waals surface area contributed by atoms with Crippen LogP contribution in [0.1, 0.15) is 24.1 Å². The molecule has 28 heavy (non-hydrogen) atoms. The van der Waals surface area contributed by atoms with Crippen molar-refractivity contribution < 1.29 is 18.0 Å². The van der Waals surface area contributed by atoms with E-state index in [1.807, 2.05) is 0 Å². The Balaban J connectivity index is 1.67. The molecule has 10 heteroatoms. The highest BCUT2D eigenvalue weighted by Gasteiger charge is 2.34. The number of carbonyl (C=O) groups excluding carboxylic acids is 1. The number of halogens is 3. The van der Waals surface area contributed by atoms with Gasteiger partial charge in [-0.15, -0.1) is 0 Å². The van der Waals surface area contributed by atoms with Crippen molar-refractivity contribution in [2.45, 2.75) is 25.7 Å². The zero-order valence-corrected chi connectivity index (χ0v) is 14.7. The summed E-state index contributed by atoms with van der Waals surface area (Å²) in [4.78, 5) is 28.0. The van der Waals surface area contributed by atoms with E-state index in [0.717, 1.165) is 28.1 Å². The molecule has 0 bridgehead atoms. The van der Waals surface area contributed by atoms with Crippen molar-refractivity contribution in [3.63, 3.8) is 0 Å². The Morgan fingerprint density at radius 1 is 1.21 bits per heavy atom. The van der Waals surface area contributed by atoms with E-state index in [4.69, 9.17) is 0 Å². The molecule has 0 aliphatic carbocycles. The molecule has 0 saturated heterocycles. The van der Waals surface area contributed by atoms with Crippen LogP contribution in [-0.2, 0) is 17.5 Å². The lowest BCUT2D eigenvalue weighted by molar-refractivity contribution is -0.139. The lowest BCUT2D eigenvalue weighted by atomic mass is 10.1. The van der Waals surface area contributed by atoms with Gasteiger partial charge in [0.1, 0.15) is 24.8 Å². The van der Waals surface area contributed by atoms with Gasteiger partial charge in [0.25, 0.3) is 5.56 Å². The van der Waals surface area contributed by atoms with E-state index in [-0.39, 0.29) is 0 Å². The monoisotopic (exact) mass is 391 g/mol. The molecule has 3 rings (SSSR count). The molecule has 2 heterocycles. The maximum absolute atomic E-state index is 12.8. The highest BCUT2D eigenvalue weighted by molar-refractivity contribution is 5.76. The van der Waals surface area contributed by atoms with Crippen LogP contribution in [0.5, 0.6) is 0 Å². The molecular formula is C18H16F3N5O2. The van der Waals surface area contributed by atoms with Crippen LogP contribution in [0.2, 0.25) is 0 Å². The third-order valence-electron chi connectivity index (χ3n) is 4.09. The van der Waals surface area contributed by atoms with Gasteiger partial charge in [-0.3, -0.25) is 9.59 Å². The van der Waals surface area contributed by atoms with Gasteiger partial charge >= 0.3 is 6.18 Å². The van der Waals surface area contributed by atoms with Gasteiger partial charge in [-0.2, -0.15) is 18.3 Å². The van der Waals surface area contributed by atoms with Gasteiger partial charge in [-0.1, -0.05) is 12.1 Å². The predicted octanol–water partition coefficient (Wildman–Crippen LogP) is 2.33. The van der Waals surface area contributed by atoms with E-state index in [1.54, 1.807) is 42.2 Å². The molecule has 1 atom stereocenters. The SMILES string of the molecule is CC(NC(=O)Cn1cccc(C(F)(F)F)c1=O)c1ccc(-n2cncn2)cc1. The van der Waals surface area contributed by atoms with Crippen LogP contribution in [0.15, 0.2) is 60.0 Å². The molecule has 7 nitrogen and oxygen atoms in total. The van der Waals surface area contributed by atoms with Crippen molar-refractivity contribution in [3.8, 4) is 5.69 Å². The second-order valence-corrected chi connectivity index (χ2v) is 6.07. The average Bonchev–Trinajstić information content (AvgIpc) is 3.17. The molecule has 146 valence electrons.